The molecule has 2 aromatic rings. The lowest BCUT2D eigenvalue weighted by Gasteiger charge is -2.29. The van der Waals surface area contributed by atoms with E-state index in [1.54, 1.807) is 6.07 Å². The number of nitrogens with one attached hydrogen (secondary N) is 1. The normalized spacial score (nSPS) is 15.5. The zero-order chi connectivity index (χ0) is 22.2. The van der Waals surface area contributed by atoms with Crippen LogP contribution in [-0.2, 0) is 29.0 Å². The molecule has 1 N–H and O–H groups in total. The summed E-state index contributed by atoms with van der Waals surface area (Å²) in [6, 6.07) is 11.7. The third-order valence-corrected chi connectivity index (χ3v) is 6.03. The van der Waals surface area contributed by atoms with Crippen LogP contribution in [0.2, 0.25) is 0 Å². The van der Waals surface area contributed by atoms with Crippen molar-refractivity contribution in [1.82, 2.24) is 10.2 Å². The molecule has 1 aliphatic rings. The SMILES string of the molecule is COC(=O)c1ccc(CCCN(c2cccc(CN3CCNCC3)c2)S(=O)[O-])c(F)c1. The van der Waals surface area contributed by atoms with Crippen LogP contribution in [-0.4, -0.2) is 59.5 Å². The number of methoxy groups -OCH3 is 1. The number of carbonyl (C=O) groups is 1. The van der Waals surface area contributed by atoms with Gasteiger partial charge in [0.25, 0.3) is 0 Å². The molecule has 1 atom stereocenters. The van der Waals surface area contributed by atoms with Gasteiger partial charge in [-0.3, -0.25) is 9.11 Å². The second-order valence-electron chi connectivity index (χ2n) is 7.42. The molecule has 0 bridgehead atoms. The largest absolute Gasteiger partial charge is 0.755 e. The molecule has 3 rings (SSSR count). The van der Waals surface area contributed by atoms with E-state index < -0.39 is 23.1 Å². The number of ether oxygens (including phenoxy) is 1. The van der Waals surface area contributed by atoms with E-state index in [2.05, 4.69) is 15.0 Å². The maximum Gasteiger partial charge on any atom is 0.337 e. The molecule has 0 spiro atoms. The van der Waals surface area contributed by atoms with Gasteiger partial charge in [0.15, 0.2) is 0 Å². The molecule has 168 valence electrons. The Balaban J connectivity index is 1.62. The van der Waals surface area contributed by atoms with Crippen LogP contribution in [0.15, 0.2) is 42.5 Å². The van der Waals surface area contributed by atoms with E-state index in [-0.39, 0.29) is 12.1 Å². The number of anilines is 1. The average Bonchev–Trinajstić information content (AvgIpc) is 2.77. The average molecular weight is 449 g/mol. The van der Waals surface area contributed by atoms with Crippen LogP contribution < -0.4 is 9.62 Å². The number of nitrogens with zero attached hydrogens (tertiary/aromatic N) is 2. The fourth-order valence-corrected chi connectivity index (χ4v) is 4.20. The molecule has 0 amide bonds. The van der Waals surface area contributed by atoms with Gasteiger partial charge < -0.3 is 18.9 Å². The fraction of sp³-hybridized carbons (Fsp3) is 0.409. The molecule has 9 heteroatoms. The molecule has 31 heavy (non-hydrogen) atoms. The van der Waals surface area contributed by atoms with E-state index in [0.717, 1.165) is 44.4 Å². The predicted octanol–water partition coefficient (Wildman–Crippen LogP) is 2.25. The van der Waals surface area contributed by atoms with Crippen LogP contribution >= 0.6 is 0 Å². The minimum atomic E-state index is -2.44. The second kappa shape index (κ2) is 11.3. The second-order valence-corrected chi connectivity index (χ2v) is 8.29. The lowest BCUT2D eigenvalue weighted by molar-refractivity contribution is 0.0600. The third kappa shape index (κ3) is 6.57. The van der Waals surface area contributed by atoms with Gasteiger partial charge in [0.1, 0.15) is 5.82 Å². The summed E-state index contributed by atoms with van der Waals surface area (Å²) in [5.41, 5.74) is 2.23. The molecule has 7 nitrogen and oxygen atoms in total. The Bertz CT molecular complexity index is 921. The molecule has 2 aromatic carbocycles. The first-order chi connectivity index (χ1) is 15.0. The summed E-state index contributed by atoms with van der Waals surface area (Å²) < 4.78 is 43.8. The molecule has 1 aliphatic heterocycles. The van der Waals surface area contributed by atoms with E-state index in [1.165, 1.54) is 23.5 Å². The number of benzene rings is 2. The van der Waals surface area contributed by atoms with Crippen LogP contribution in [0.1, 0.15) is 27.9 Å². The zero-order valence-corrected chi connectivity index (χ0v) is 18.3. The molecule has 1 fully saturated rings. The number of rotatable bonds is 9. The monoisotopic (exact) mass is 448 g/mol. The van der Waals surface area contributed by atoms with Crippen molar-refractivity contribution in [3.05, 3.63) is 65.0 Å². The summed E-state index contributed by atoms with van der Waals surface area (Å²) in [5.74, 6) is -1.10. The summed E-state index contributed by atoms with van der Waals surface area (Å²) in [5, 5.41) is 3.32. The first kappa shape index (κ1) is 23.3. The standard InChI is InChI=1S/C22H28FN3O4S/c1-30-22(27)19-8-7-18(21(23)15-19)5-3-11-26(31(28)29)20-6-2-4-17(14-20)16-25-12-9-24-10-13-25/h2,4,6-8,14-15,24H,3,5,9-13,16H2,1H3,(H,28,29)/p-1. The van der Waals surface area contributed by atoms with Crippen LogP contribution in [0, 0.1) is 5.82 Å². The van der Waals surface area contributed by atoms with Gasteiger partial charge >= 0.3 is 5.97 Å². The molecule has 0 aliphatic carbocycles. The highest BCUT2D eigenvalue weighted by Gasteiger charge is 2.14. The van der Waals surface area contributed by atoms with Gasteiger partial charge in [0, 0.05) is 56.2 Å². The minimum Gasteiger partial charge on any atom is -0.755 e. The Hall–Kier alpha value is -2.33. The van der Waals surface area contributed by atoms with Crippen LogP contribution in [0.3, 0.4) is 0 Å². The summed E-state index contributed by atoms with van der Waals surface area (Å²) >= 11 is -2.44. The molecule has 1 heterocycles. The van der Waals surface area contributed by atoms with Gasteiger partial charge in [-0.05, 0) is 48.2 Å². The highest BCUT2D eigenvalue weighted by atomic mass is 32.2. The van der Waals surface area contributed by atoms with E-state index in [4.69, 9.17) is 0 Å². The molecular formula is C22H27FN3O4S-. The number of hydrogen-bond donors (Lipinski definition) is 1. The summed E-state index contributed by atoms with van der Waals surface area (Å²) in [4.78, 5) is 13.8. The van der Waals surface area contributed by atoms with Crippen LogP contribution in [0.25, 0.3) is 0 Å². The Labute approximate surface area is 184 Å². The maximum atomic E-state index is 14.3. The van der Waals surface area contributed by atoms with E-state index in [1.807, 2.05) is 18.2 Å². The highest BCUT2D eigenvalue weighted by molar-refractivity contribution is 7.80. The third-order valence-electron chi connectivity index (χ3n) is 5.28. The first-order valence-corrected chi connectivity index (χ1v) is 11.3. The molecule has 0 radical (unpaired) electrons. The molecule has 0 aromatic heterocycles. The van der Waals surface area contributed by atoms with E-state index >= 15 is 0 Å². The van der Waals surface area contributed by atoms with Gasteiger partial charge in [-0.2, -0.15) is 0 Å². The molecule has 0 saturated carbocycles. The lowest BCUT2D eigenvalue weighted by atomic mass is 10.1. The van der Waals surface area contributed by atoms with Gasteiger partial charge in [0.05, 0.1) is 12.7 Å². The summed E-state index contributed by atoms with van der Waals surface area (Å²) in [7, 11) is 1.24. The van der Waals surface area contributed by atoms with Crippen molar-refractivity contribution in [3.63, 3.8) is 0 Å². The molecule has 1 saturated heterocycles. The van der Waals surface area contributed by atoms with Gasteiger partial charge in [-0.25, -0.2) is 9.18 Å². The van der Waals surface area contributed by atoms with Crippen molar-refractivity contribution >= 4 is 22.9 Å². The number of hydrogen-bond acceptors (Lipinski definition) is 6. The molecule has 1 unspecified atom stereocenters. The van der Waals surface area contributed by atoms with E-state index in [0.29, 0.717) is 24.1 Å². The Morgan fingerprint density at radius 3 is 2.71 bits per heavy atom. The van der Waals surface area contributed by atoms with Crippen molar-refractivity contribution in [1.29, 1.82) is 0 Å². The van der Waals surface area contributed by atoms with Crippen molar-refractivity contribution < 1.29 is 22.7 Å². The van der Waals surface area contributed by atoms with Crippen molar-refractivity contribution in [2.75, 3.05) is 44.1 Å². The Morgan fingerprint density at radius 2 is 2.03 bits per heavy atom. The van der Waals surface area contributed by atoms with Crippen LogP contribution in [0.5, 0.6) is 0 Å². The Kier molecular flexibility index (Phi) is 8.53. The van der Waals surface area contributed by atoms with Gasteiger partial charge in [-0.1, -0.05) is 18.2 Å². The minimum absolute atomic E-state index is 0.146. The predicted molar refractivity (Wildman–Crippen MR) is 117 cm³/mol. The zero-order valence-electron chi connectivity index (χ0n) is 17.5. The van der Waals surface area contributed by atoms with Crippen molar-refractivity contribution in [2.45, 2.75) is 19.4 Å². The summed E-state index contributed by atoms with van der Waals surface area (Å²) in [6.45, 7) is 4.82. The quantitative estimate of drug-likeness (QED) is 0.468. The van der Waals surface area contributed by atoms with Gasteiger partial charge in [0.2, 0.25) is 0 Å². The number of halogens is 1. The lowest BCUT2D eigenvalue weighted by Crippen LogP contribution is -2.42. The maximum absolute atomic E-state index is 14.3. The van der Waals surface area contributed by atoms with Crippen molar-refractivity contribution in [3.8, 4) is 0 Å². The number of esters is 1. The first-order valence-electron chi connectivity index (χ1n) is 10.2. The van der Waals surface area contributed by atoms with Crippen LogP contribution in [0.4, 0.5) is 10.1 Å². The van der Waals surface area contributed by atoms with Gasteiger partial charge in [-0.15, -0.1) is 0 Å². The molecular weight excluding hydrogens is 421 g/mol. The highest BCUT2D eigenvalue weighted by Crippen LogP contribution is 2.20. The number of aryl methyl sites for hydroxylation is 1. The summed E-state index contributed by atoms with van der Waals surface area (Å²) in [6.07, 6.45) is 0.784. The van der Waals surface area contributed by atoms with E-state index in [9.17, 15) is 17.9 Å². The smallest absolute Gasteiger partial charge is 0.337 e. The number of piperazine rings is 1. The topological polar surface area (TPSA) is 84.9 Å². The Morgan fingerprint density at radius 1 is 1.26 bits per heavy atom. The number of carbonyl (C=O) groups excluding carboxylic acids is 1. The fourth-order valence-electron chi connectivity index (χ4n) is 3.64. The van der Waals surface area contributed by atoms with Crippen molar-refractivity contribution in [2.24, 2.45) is 0 Å².